The molecule has 14 atom stereocenters. The van der Waals surface area contributed by atoms with Gasteiger partial charge in [0.25, 0.3) is 0 Å². The summed E-state index contributed by atoms with van der Waals surface area (Å²) in [5.74, 6) is -23.6. The number of aromatic amines is 3. The highest BCUT2D eigenvalue weighted by Crippen LogP contribution is 2.44. The average molecular weight is 1950 g/mol. The zero-order valence-electron chi connectivity index (χ0n) is 79.3. The quantitative estimate of drug-likeness (QED) is 0.0247. The predicted molar refractivity (Wildman–Crippen MR) is 500 cm³/mol. The van der Waals surface area contributed by atoms with Crippen molar-refractivity contribution in [3.63, 3.8) is 0 Å². The van der Waals surface area contributed by atoms with Crippen LogP contribution in [0.3, 0.4) is 0 Å². The van der Waals surface area contributed by atoms with Gasteiger partial charge in [-0.15, -0.1) is 0 Å². The van der Waals surface area contributed by atoms with Crippen LogP contribution in [0.4, 0.5) is 4.79 Å². The monoisotopic (exact) mass is 1950 g/mol. The number of amides is 14. The minimum absolute atomic E-state index is 0.0129. The molecule has 5 aromatic rings. The van der Waals surface area contributed by atoms with Crippen LogP contribution in [0.2, 0.25) is 0 Å². The van der Waals surface area contributed by atoms with E-state index in [1.54, 1.807) is 83.1 Å². The van der Waals surface area contributed by atoms with Crippen molar-refractivity contribution in [3.8, 4) is 11.1 Å². The number of ether oxygens (including phenoxy) is 1. The van der Waals surface area contributed by atoms with E-state index < -0.39 is 279 Å². The molecule has 0 unspecified atom stereocenters. The van der Waals surface area contributed by atoms with Gasteiger partial charge in [0.1, 0.15) is 91.2 Å². The summed E-state index contributed by atoms with van der Waals surface area (Å²) < 4.78 is 5.66. The largest absolute Gasteiger partial charge is 0.481 e. The van der Waals surface area contributed by atoms with Crippen molar-refractivity contribution in [2.24, 2.45) is 35.5 Å². The number of imidazole rings is 3. The van der Waals surface area contributed by atoms with Crippen LogP contribution in [0.15, 0.2) is 86.1 Å². The van der Waals surface area contributed by atoms with Crippen LogP contribution in [0.1, 0.15) is 207 Å². The molecule has 1 aliphatic carbocycles. The Morgan fingerprint density at radius 3 is 0.754 bits per heavy atom. The molecule has 0 aliphatic heterocycles. The van der Waals surface area contributed by atoms with E-state index in [0.29, 0.717) is 5.69 Å². The fourth-order valence-electron chi connectivity index (χ4n) is 15.3. The molecule has 0 bridgehead atoms. The Kier molecular flexibility index (Phi) is 45.8. The number of hydrogen-bond donors (Lipinski definition) is 23. The maximum Gasteiger partial charge on any atom is 0.407 e. The molecule has 0 radical (unpaired) electrons. The smallest absolute Gasteiger partial charge is 0.407 e. The number of thiol groups is 1. The molecule has 1 aliphatic rings. The second-order valence-corrected chi connectivity index (χ2v) is 37.0. The summed E-state index contributed by atoms with van der Waals surface area (Å²) in [5, 5.41) is 85.0. The number of rotatable bonds is 61. The Hall–Kier alpha value is -13.9. The molecule has 3 heterocycles. The fourth-order valence-corrected chi connectivity index (χ4v) is 15.6. The van der Waals surface area contributed by atoms with Crippen LogP contribution < -0.4 is 74.4 Å². The van der Waals surface area contributed by atoms with Crippen LogP contribution in [0.25, 0.3) is 11.1 Å². The molecule has 756 valence electrons. The van der Waals surface area contributed by atoms with Gasteiger partial charge in [-0.25, -0.2) is 24.5 Å². The lowest BCUT2D eigenvalue weighted by molar-refractivity contribution is -0.142. The van der Waals surface area contributed by atoms with Gasteiger partial charge >= 0.3 is 35.9 Å². The molecular formula is C92H132N20O25S. The van der Waals surface area contributed by atoms with E-state index in [2.05, 4.69) is 117 Å². The molecule has 45 nitrogen and oxygen atoms in total. The lowest BCUT2D eigenvalue weighted by Gasteiger charge is -2.29. The third-order valence-electron chi connectivity index (χ3n) is 22.1. The van der Waals surface area contributed by atoms with Gasteiger partial charge in [-0.3, -0.25) is 81.5 Å². The van der Waals surface area contributed by atoms with E-state index in [4.69, 9.17) is 4.74 Å². The van der Waals surface area contributed by atoms with Gasteiger partial charge in [0, 0.05) is 75.2 Å². The normalized spacial score (nSPS) is 14.7. The summed E-state index contributed by atoms with van der Waals surface area (Å²) in [6.45, 7) is 20.3. The Balaban J connectivity index is 1.19. The molecule has 22 N–H and O–H groups in total. The predicted octanol–water partition coefficient (Wildman–Crippen LogP) is 1.84. The highest BCUT2D eigenvalue weighted by molar-refractivity contribution is 7.80. The Morgan fingerprint density at radius 2 is 0.522 bits per heavy atom. The number of carboxylic acids is 5. The fraction of sp³-hybridized carbons (Fsp3) is 0.565. The molecule has 0 saturated heterocycles. The molecule has 138 heavy (non-hydrogen) atoms. The molecule has 46 heteroatoms. The van der Waals surface area contributed by atoms with Crippen molar-refractivity contribution in [1.29, 1.82) is 0 Å². The number of benzene rings is 2. The lowest BCUT2D eigenvalue weighted by Crippen LogP contribution is -2.61. The van der Waals surface area contributed by atoms with E-state index in [1.165, 1.54) is 37.6 Å². The van der Waals surface area contributed by atoms with Crippen LogP contribution in [-0.2, 0) is 110 Å². The first-order valence-electron chi connectivity index (χ1n) is 45.9. The summed E-state index contributed by atoms with van der Waals surface area (Å²) in [5.41, 5.74) is 4.48. The number of carboxylic acid groups (broad SMARTS) is 5. The van der Waals surface area contributed by atoms with E-state index in [-0.39, 0.29) is 92.4 Å². The minimum atomic E-state index is -1.86. The van der Waals surface area contributed by atoms with E-state index >= 15 is 9.59 Å². The molecule has 3 aromatic heterocycles. The SMILES string of the molecule is CC(C)C[C@H](NC(=O)[C@H](CC(C)C)NC(=O)[C@H](CCC(=O)O)NC(=O)[C@H](CCC(=O)O)NC(=O)[C@H](CC(C)C)NC(=O)[C@H](Cc1c[nH]cn1)NC(=O)[C@H](Cc1c[nH]cn1)NC(=O)[C@H](CC(C)C)NC(=O)[C@H](CC(C)C)NC(=O)[C@H](CCC(=O)O)NC(=O)[C@H](CCC(=O)O)NC(=O)[C@H](CC(C)C)NC(=O)[C@H](CS)NC(=O)OCC1c2ccccc2-c2ccccc21)C(=O)N[C@@H](Cc1c[nH]cn1)C(=O)O. The summed E-state index contributed by atoms with van der Waals surface area (Å²) in [7, 11) is 0. The number of H-pyrrole nitrogens is 3. The highest BCUT2D eigenvalue weighted by Gasteiger charge is 2.41. The van der Waals surface area contributed by atoms with Crippen molar-refractivity contribution in [3.05, 3.63) is 114 Å². The average Bonchev–Trinajstić information content (AvgIpc) is 1.61. The second kappa shape index (κ2) is 56.0. The number of hydrogen-bond acceptors (Lipinski definition) is 24. The van der Waals surface area contributed by atoms with E-state index in [9.17, 15) is 107 Å². The van der Waals surface area contributed by atoms with E-state index in [1.807, 2.05) is 48.5 Å². The summed E-state index contributed by atoms with van der Waals surface area (Å²) in [6, 6.07) is -7.26. The van der Waals surface area contributed by atoms with Gasteiger partial charge in [0.05, 0.1) is 36.1 Å². The molecule has 6 rings (SSSR count). The number of nitrogens with one attached hydrogen (secondary N) is 17. The zero-order valence-corrected chi connectivity index (χ0v) is 80.2. The molecule has 14 amide bonds. The molecule has 2 aromatic carbocycles. The van der Waals surface area contributed by atoms with Crippen molar-refractivity contribution in [2.45, 2.75) is 283 Å². The van der Waals surface area contributed by atoms with Gasteiger partial charge in [-0.2, -0.15) is 12.6 Å². The molecule has 0 spiro atoms. The molecular weight excluding hydrogens is 1820 g/mol. The first-order valence-corrected chi connectivity index (χ1v) is 46.5. The van der Waals surface area contributed by atoms with Crippen molar-refractivity contribution >= 4 is 125 Å². The summed E-state index contributed by atoms with van der Waals surface area (Å²) >= 11 is 4.29. The van der Waals surface area contributed by atoms with E-state index in [0.717, 1.165) is 22.3 Å². The number of fused-ring (bicyclic) bond motifs is 3. The number of carbonyl (C=O) groups excluding carboxylic acids is 14. The maximum absolute atomic E-state index is 15.1. The Bertz CT molecular complexity index is 4930. The van der Waals surface area contributed by atoms with Crippen LogP contribution in [0, 0.1) is 35.5 Å². The minimum Gasteiger partial charge on any atom is -0.481 e. The first-order chi connectivity index (χ1) is 65.2. The van der Waals surface area contributed by atoms with Crippen LogP contribution in [0.5, 0.6) is 0 Å². The number of nitrogens with zero attached hydrogens (tertiary/aromatic N) is 3. The van der Waals surface area contributed by atoms with Gasteiger partial charge in [0.15, 0.2) is 0 Å². The van der Waals surface area contributed by atoms with Crippen molar-refractivity contribution in [1.82, 2.24) is 104 Å². The van der Waals surface area contributed by atoms with Gasteiger partial charge < -0.3 is 120 Å². The van der Waals surface area contributed by atoms with Crippen molar-refractivity contribution in [2.75, 3.05) is 12.4 Å². The van der Waals surface area contributed by atoms with Crippen molar-refractivity contribution < 1.29 is 121 Å². The van der Waals surface area contributed by atoms with Crippen LogP contribution >= 0.6 is 12.6 Å². The third kappa shape index (κ3) is 38.4. The number of carbonyl (C=O) groups is 19. The molecule has 0 fully saturated rings. The summed E-state index contributed by atoms with van der Waals surface area (Å²) in [4.78, 5) is 284. The Morgan fingerprint density at radius 1 is 0.304 bits per heavy atom. The highest BCUT2D eigenvalue weighted by atomic mass is 32.1. The van der Waals surface area contributed by atoms with Crippen LogP contribution in [-0.4, -0.2) is 265 Å². The summed E-state index contributed by atoms with van der Waals surface area (Å²) in [6.07, 6.45) is -0.314. The first kappa shape index (κ1) is 113. The standard InChI is InChI=1S/C92H132N20O25S/c1-46(2)29-64(82(125)101-60(21-25-74(113)114)78(121)99-63(24-28-77(119)120)81(124)104-67(32-49(7)8)85(128)106-69(34-51(11)12)87(130)111-72(91(134)135)37-54-40-95-45-98-54)107-88(131)70(35-52-38-93-43-96-52)110-89(132)71(36-53-39-94-44-97-53)109-86(129)68(33-50(9)10)105-84(127)66(31-48(5)6)103-80(123)62(23-27-76(117)118)100-79(122)61(22-26-75(115)116)102-83(126)65(30-47(3)4)108-90(133)73(42-138)112-92(136)137-41-59-57-19-15-13-17-55(57)56-18-14-16-20-58(56)59/h13-20,38-40,43-51,59-73,138H,21-37,41-42H2,1-12H3,(H,93,96)(H,94,97)(H,95,98)(H,99,121)(H,100,122)(H,101,125)(H,102,126)(H,103,123)(H,104,124)(H,105,127)(H,106,128)(H,107,131)(H,108,133)(H,109,129)(H,110,132)(H,111,130)(H,112,136)(H,113,114)(H,115,116)(H,117,118)(H,119,120)(H,134,135)/t60-,61-,62-,63-,64-,65-,66-,67-,68-,69-,70-,71-,72-,73-/m0/s1. The van der Waals surface area contributed by atoms with Gasteiger partial charge in [-0.05, 0) is 122 Å². The third-order valence-corrected chi connectivity index (χ3v) is 22.4. The number of aliphatic carboxylic acids is 5. The number of alkyl carbamates (subject to hydrolysis) is 1. The zero-order chi connectivity index (χ0) is 102. The van der Waals surface area contributed by atoms with Gasteiger partial charge in [0.2, 0.25) is 76.8 Å². The number of aromatic nitrogens is 6. The molecule has 0 saturated carbocycles. The second-order valence-electron chi connectivity index (χ2n) is 36.6. The topological polar surface area (TPSA) is 689 Å². The Labute approximate surface area is 803 Å². The lowest BCUT2D eigenvalue weighted by atomic mass is 9.98. The maximum atomic E-state index is 15.1. The van der Waals surface area contributed by atoms with Gasteiger partial charge in [-0.1, -0.05) is 132 Å².